The van der Waals surface area contributed by atoms with Gasteiger partial charge in [0.1, 0.15) is 0 Å². The van der Waals surface area contributed by atoms with Gasteiger partial charge in [-0.25, -0.2) is 5.43 Å². The Balaban J connectivity index is 1.88. The summed E-state index contributed by atoms with van der Waals surface area (Å²) in [7, 11) is 1.53. The van der Waals surface area contributed by atoms with Gasteiger partial charge in [-0.05, 0) is 18.2 Å². The zero-order valence-corrected chi connectivity index (χ0v) is 13.8. The summed E-state index contributed by atoms with van der Waals surface area (Å²) >= 11 is 11.9. The Kier molecular flexibility index (Phi) is 6.26. The largest absolute Gasteiger partial charge is 0.493 e. The van der Waals surface area contributed by atoms with Crippen molar-refractivity contribution in [3.8, 4) is 11.5 Å². The highest BCUT2D eigenvalue weighted by molar-refractivity contribution is 6.43. The van der Waals surface area contributed by atoms with Gasteiger partial charge in [0.05, 0.1) is 23.4 Å². The minimum Gasteiger partial charge on any atom is -0.493 e. The third-order valence-electron chi connectivity index (χ3n) is 2.80. The third kappa shape index (κ3) is 4.87. The maximum Gasteiger partial charge on any atom is 0.277 e. The predicted molar refractivity (Wildman–Crippen MR) is 90.7 cm³/mol. The van der Waals surface area contributed by atoms with Crippen molar-refractivity contribution in [2.75, 3.05) is 13.7 Å². The number of methoxy groups -OCH3 is 1. The lowest BCUT2D eigenvalue weighted by Crippen LogP contribution is -2.24. The van der Waals surface area contributed by atoms with Gasteiger partial charge in [-0.1, -0.05) is 47.5 Å². The Morgan fingerprint density at radius 1 is 1.17 bits per heavy atom. The van der Waals surface area contributed by atoms with Crippen LogP contribution in [-0.2, 0) is 4.79 Å². The summed E-state index contributed by atoms with van der Waals surface area (Å²) < 4.78 is 10.5. The second kappa shape index (κ2) is 8.41. The fraction of sp³-hybridized carbons (Fsp3) is 0.125. The van der Waals surface area contributed by atoms with Gasteiger partial charge < -0.3 is 9.47 Å². The van der Waals surface area contributed by atoms with Gasteiger partial charge in [0.15, 0.2) is 18.1 Å². The van der Waals surface area contributed by atoms with Crippen molar-refractivity contribution < 1.29 is 14.3 Å². The van der Waals surface area contributed by atoms with Crippen LogP contribution in [0.5, 0.6) is 11.5 Å². The molecule has 0 heterocycles. The first-order chi connectivity index (χ1) is 11.1. The molecule has 0 unspecified atom stereocenters. The van der Waals surface area contributed by atoms with Crippen molar-refractivity contribution in [1.82, 2.24) is 5.43 Å². The van der Waals surface area contributed by atoms with E-state index in [1.807, 2.05) is 6.07 Å². The lowest BCUT2D eigenvalue weighted by molar-refractivity contribution is -0.123. The number of nitrogens with zero attached hydrogens (tertiary/aromatic N) is 1. The number of para-hydroxylation sites is 2. The van der Waals surface area contributed by atoms with Crippen molar-refractivity contribution in [1.29, 1.82) is 0 Å². The van der Waals surface area contributed by atoms with Crippen LogP contribution in [0.2, 0.25) is 10.0 Å². The molecule has 2 aromatic rings. The van der Waals surface area contributed by atoms with Gasteiger partial charge in [0.2, 0.25) is 0 Å². The molecule has 0 aromatic heterocycles. The lowest BCUT2D eigenvalue weighted by atomic mass is 10.2. The molecule has 120 valence electrons. The van der Waals surface area contributed by atoms with E-state index in [0.29, 0.717) is 27.1 Å². The number of benzene rings is 2. The molecule has 0 atom stereocenters. The van der Waals surface area contributed by atoms with Crippen molar-refractivity contribution in [3.63, 3.8) is 0 Å². The SMILES string of the molecule is COc1ccccc1OCC(=O)NN=Cc1cccc(Cl)c1Cl. The van der Waals surface area contributed by atoms with Gasteiger partial charge in [-0.3, -0.25) is 4.79 Å². The molecule has 0 radical (unpaired) electrons. The summed E-state index contributed by atoms with van der Waals surface area (Å²) in [5.74, 6) is 0.617. The summed E-state index contributed by atoms with van der Waals surface area (Å²) in [6.45, 7) is -0.193. The van der Waals surface area contributed by atoms with Crippen molar-refractivity contribution >= 4 is 35.3 Å². The van der Waals surface area contributed by atoms with Crippen LogP contribution in [0, 0.1) is 0 Å². The number of nitrogens with one attached hydrogen (secondary N) is 1. The van der Waals surface area contributed by atoms with Gasteiger partial charge in [-0.15, -0.1) is 0 Å². The molecule has 2 rings (SSSR count). The van der Waals surface area contributed by atoms with Crippen molar-refractivity contribution in [2.45, 2.75) is 0 Å². The van der Waals surface area contributed by atoms with Crippen LogP contribution in [0.15, 0.2) is 47.6 Å². The molecule has 1 N–H and O–H groups in total. The van der Waals surface area contributed by atoms with Crippen molar-refractivity contribution in [2.24, 2.45) is 5.10 Å². The number of hydrazone groups is 1. The Labute approximate surface area is 143 Å². The quantitative estimate of drug-likeness (QED) is 0.638. The third-order valence-corrected chi connectivity index (χ3v) is 3.64. The molecule has 23 heavy (non-hydrogen) atoms. The molecule has 5 nitrogen and oxygen atoms in total. The summed E-state index contributed by atoms with van der Waals surface area (Å²) in [5.41, 5.74) is 2.95. The summed E-state index contributed by atoms with van der Waals surface area (Å²) in [4.78, 5) is 11.7. The first-order valence-corrected chi connectivity index (χ1v) is 7.39. The van der Waals surface area contributed by atoms with Crippen LogP contribution in [-0.4, -0.2) is 25.8 Å². The summed E-state index contributed by atoms with van der Waals surface area (Å²) in [5, 5.41) is 4.61. The number of rotatable bonds is 6. The average molecular weight is 353 g/mol. The highest BCUT2D eigenvalue weighted by atomic mass is 35.5. The van der Waals surface area contributed by atoms with Crippen LogP contribution >= 0.6 is 23.2 Å². The van der Waals surface area contributed by atoms with E-state index in [-0.39, 0.29) is 6.61 Å². The van der Waals surface area contributed by atoms with E-state index in [1.165, 1.54) is 13.3 Å². The molecule has 0 fully saturated rings. The second-order valence-electron chi connectivity index (χ2n) is 4.38. The molecule has 0 aliphatic rings. The molecule has 2 aromatic carbocycles. The summed E-state index contributed by atoms with van der Waals surface area (Å²) in [6.07, 6.45) is 1.41. The van der Waals surface area contributed by atoms with E-state index in [9.17, 15) is 4.79 Å². The molecule has 0 saturated carbocycles. The molecular formula is C16H14Cl2N2O3. The smallest absolute Gasteiger partial charge is 0.277 e. The van der Waals surface area contributed by atoms with Crippen LogP contribution in [0.1, 0.15) is 5.56 Å². The van der Waals surface area contributed by atoms with Gasteiger partial charge in [0.25, 0.3) is 5.91 Å². The fourth-order valence-electron chi connectivity index (χ4n) is 1.71. The Hall–Kier alpha value is -2.24. The standard InChI is InChI=1S/C16H14Cl2N2O3/c1-22-13-7-2-3-8-14(13)23-10-15(21)20-19-9-11-5-4-6-12(17)16(11)18/h2-9H,10H2,1H3,(H,20,21). The predicted octanol–water partition coefficient (Wildman–Crippen LogP) is 3.53. The van der Waals surface area contributed by atoms with Crippen LogP contribution in [0.3, 0.4) is 0 Å². The van der Waals surface area contributed by atoms with E-state index in [1.54, 1.807) is 36.4 Å². The van der Waals surface area contributed by atoms with E-state index in [2.05, 4.69) is 10.5 Å². The number of amides is 1. The van der Waals surface area contributed by atoms with Crippen LogP contribution < -0.4 is 14.9 Å². The number of hydrogen-bond donors (Lipinski definition) is 1. The first-order valence-electron chi connectivity index (χ1n) is 6.63. The monoisotopic (exact) mass is 352 g/mol. The molecule has 0 spiro atoms. The molecule has 0 aliphatic heterocycles. The molecular weight excluding hydrogens is 339 g/mol. The van der Waals surface area contributed by atoms with E-state index < -0.39 is 5.91 Å². The minimum atomic E-state index is -0.412. The Morgan fingerprint density at radius 3 is 2.65 bits per heavy atom. The summed E-state index contributed by atoms with van der Waals surface area (Å²) in [6, 6.07) is 12.2. The number of carbonyl (C=O) groups excluding carboxylic acids is 1. The fourth-order valence-corrected chi connectivity index (χ4v) is 2.06. The van der Waals surface area contributed by atoms with Crippen LogP contribution in [0.4, 0.5) is 0 Å². The number of halogens is 2. The van der Waals surface area contributed by atoms with E-state index >= 15 is 0 Å². The van der Waals surface area contributed by atoms with Crippen LogP contribution in [0.25, 0.3) is 0 Å². The van der Waals surface area contributed by atoms with Crippen molar-refractivity contribution in [3.05, 3.63) is 58.1 Å². The Bertz CT molecular complexity index is 720. The highest BCUT2D eigenvalue weighted by Crippen LogP contribution is 2.25. The van der Waals surface area contributed by atoms with E-state index in [0.717, 1.165) is 0 Å². The molecule has 0 bridgehead atoms. The van der Waals surface area contributed by atoms with Gasteiger partial charge >= 0.3 is 0 Å². The lowest BCUT2D eigenvalue weighted by Gasteiger charge is -2.09. The zero-order chi connectivity index (χ0) is 16.7. The molecule has 1 amide bonds. The number of ether oxygens (including phenoxy) is 2. The van der Waals surface area contributed by atoms with Gasteiger partial charge in [-0.2, -0.15) is 5.10 Å². The maximum absolute atomic E-state index is 11.7. The first kappa shape index (κ1) is 17.1. The zero-order valence-electron chi connectivity index (χ0n) is 12.3. The minimum absolute atomic E-state index is 0.193. The normalized spacial score (nSPS) is 10.6. The Morgan fingerprint density at radius 2 is 1.91 bits per heavy atom. The second-order valence-corrected chi connectivity index (χ2v) is 5.16. The van der Waals surface area contributed by atoms with E-state index in [4.69, 9.17) is 32.7 Å². The number of carbonyl (C=O) groups is 1. The highest BCUT2D eigenvalue weighted by Gasteiger charge is 2.06. The average Bonchev–Trinajstić information content (AvgIpc) is 2.57. The number of hydrogen-bond acceptors (Lipinski definition) is 4. The molecule has 0 aliphatic carbocycles. The topological polar surface area (TPSA) is 59.9 Å². The maximum atomic E-state index is 11.7. The molecule has 0 saturated heterocycles. The molecule has 7 heteroatoms. The van der Waals surface area contributed by atoms with Gasteiger partial charge in [0, 0.05) is 5.56 Å².